The quantitative estimate of drug-likeness (QED) is 0.657. The molecule has 0 spiro atoms. The molecule has 0 radical (unpaired) electrons. The third-order valence-corrected chi connectivity index (χ3v) is 2.25. The lowest BCUT2D eigenvalue weighted by molar-refractivity contribution is -0.385. The van der Waals surface area contributed by atoms with Gasteiger partial charge in [0.2, 0.25) is 5.69 Å². The molecule has 92 valence electrons. The van der Waals surface area contributed by atoms with Gasteiger partial charge in [-0.2, -0.15) is 5.10 Å². The summed E-state index contributed by atoms with van der Waals surface area (Å²) in [6.07, 6.45) is 1.19. The monoisotopic (exact) mass is 246 g/mol. The van der Waals surface area contributed by atoms with Crippen LogP contribution >= 0.6 is 0 Å². The Kier molecular flexibility index (Phi) is 3.05. The van der Waals surface area contributed by atoms with Gasteiger partial charge in [-0.3, -0.25) is 19.6 Å². The summed E-state index contributed by atoms with van der Waals surface area (Å²) in [5.74, 6) is -0.603. The first-order valence-electron chi connectivity index (χ1n) is 5.12. The van der Waals surface area contributed by atoms with Gasteiger partial charge >= 0.3 is 5.69 Å². The van der Waals surface area contributed by atoms with E-state index in [2.05, 4.69) is 10.4 Å². The predicted molar refractivity (Wildman–Crippen MR) is 64.3 cm³/mol. The molecular weight excluding hydrogens is 236 g/mol. The Morgan fingerprint density at radius 3 is 2.67 bits per heavy atom. The van der Waals surface area contributed by atoms with Crippen molar-refractivity contribution in [3.8, 4) is 0 Å². The van der Waals surface area contributed by atoms with E-state index in [0.29, 0.717) is 5.69 Å². The number of aromatic nitrogens is 2. The van der Waals surface area contributed by atoms with Crippen LogP contribution in [0.15, 0.2) is 36.5 Å². The maximum atomic E-state index is 11.9. The summed E-state index contributed by atoms with van der Waals surface area (Å²) in [5.41, 5.74) is 0.0414. The number of nitrogens with zero attached hydrogens (tertiary/aromatic N) is 3. The van der Waals surface area contributed by atoms with E-state index in [9.17, 15) is 14.9 Å². The van der Waals surface area contributed by atoms with E-state index in [1.54, 1.807) is 30.3 Å². The fraction of sp³-hybridized carbons (Fsp3) is 0.0909. The Bertz CT molecular complexity index is 592. The zero-order valence-corrected chi connectivity index (χ0v) is 9.53. The van der Waals surface area contributed by atoms with E-state index in [-0.39, 0.29) is 11.4 Å². The molecule has 0 unspecified atom stereocenters. The zero-order chi connectivity index (χ0) is 13.1. The summed E-state index contributed by atoms with van der Waals surface area (Å²) in [5, 5.41) is 17.1. The number of anilines is 1. The highest BCUT2D eigenvalue weighted by atomic mass is 16.6. The van der Waals surface area contributed by atoms with E-state index in [1.807, 2.05) is 0 Å². The van der Waals surface area contributed by atoms with Crippen LogP contribution in [0.1, 0.15) is 10.5 Å². The van der Waals surface area contributed by atoms with Crippen LogP contribution in [0, 0.1) is 10.1 Å². The molecule has 0 bridgehead atoms. The molecule has 1 aromatic heterocycles. The smallest absolute Gasteiger partial charge is 0.320 e. The van der Waals surface area contributed by atoms with Crippen LogP contribution in [0.25, 0.3) is 0 Å². The van der Waals surface area contributed by atoms with E-state index < -0.39 is 10.8 Å². The molecule has 0 saturated heterocycles. The Morgan fingerprint density at radius 2 is 2.06 bits per heavy atom. The molecule has 18 heavy (non-hydrogen) atoms. The van der Waals surface area contributed by atoms with E-state index >= 15 is 0 Å². The highest BCUT2D eigenvalue weighted by Crippen LogP contribution is 2.17. The molecule has 0 saturated carbocycles. The molecule has 7 nitrogen and oxygen atoms in total. The summed E-state index contributed by atoms with van der Waals surface area (Å²) in [6.45, 7) is 0. The van der Waals surface area contributed by atoms with Crippen LogP contribution in [-0.4, -0.2) is 20.6 Å². The topological polar surface area (TPSA) is 90.1 Å². The van der Waals surface area contributed by atoms with Gasteiger partial charge in [-0.15, -0.1) is 0 Å². The van der Waals surface area contributed by atoms with Gasteiger partial charge in [-0.25, -0.2) is 0 Å². The van der Waals surface area contributed by atoms with Gasteiger partial charge in [0.15, 0.2) is 0 Å². The van der Waals surface area contributed by atoms with Crippen molar-refractivity contribution >= 4 is 17.3 Å². The van der Waals surface area contributed by atoms with Crippen LogP contribution in [0.2, 0.25) is 0 Å². The molecular formula is C11H10N4O3. The van der Waals surface area contributed by atoms with Gasteiger partial charge in [-0.05, 0) is 12.1 Å². The van der Waals surface area contributed by atoms with Gasteiger partial charge in [0, 0.05) is 12.7 Å². The SMILES string of the molecule is Cn1cc([N+](=O)[O-])c(C(=O)Nc2ccccc2)n1. The predicted octanol–water partition coefficient (Wildman–Crippen LogP) is 1.58. The summed E-state index contributed by atoms with van der Waals surface area (Å²) in [4.78, 5) is 22.0. The van der Waals surface area contributed by atoms with Crippen molar-refractivity contribution in [3.63, 3.8) is 0 Å². The van der Waals surface area contributed by atoms with Crippen LogP contribution in [0.4, 0.5) is 11.4 Å². The van der Waals surface area contributed by atoms with Crippen LogP contribution in [0.5, 0.6) is 0 Å². The number of benzene rings is 1. The van der Waals surface area contributed by atoms with E-state index in [0.717, 1.165) is 0 Å². The molecule has 0 fully saturated rings. The second-order valence-corrected chi connectivity index (χ2v) is 3.61. The fourth-order valence-corrected chi connectivity index (χ4v) is 1.48. The minimum atomic E-state index is -0.632. The Balaban J connectivity index is 2.27. The van der Waals surface area contributed by atoms with Gasteiger partial charge in [0.05, 0.1) is 4.92 Å². The molecule has 1 N–H and O–H groups in total. The summed E-state index contributed by atoms with van der Waals surface area (Å²) < 4.78 is 1.23. The van der Waals surface area contributed by atoms with Gasteiger partial charge < -0.3 is 5.32 Å². The van der Waals surface area contributed by atoms with E-state index in [1.165, 1.54) is 17.9 Å². The number of rotatable bonds is 3. The molecule has 0 atom stereocenters. The lowest BCUT2D eigenvalue weighted by atomic mass is 10.3. The molecule has 7 heteroatoms. The standard InChI is InChI=1S/C11H10N4O3/c1-14-7-9(15(17)18)10(13-14)11(16)12-8-5-3-2-4-6-8/h2-7H,1H3,(H,12,16). The fourth-order valence-electron chi connectivity index (χ4n) is 1.48. The third kappa shape index (κ3) is 2.34. The molecule has 0 aliphatic rings. The minimum Gasteiger partial charge on any atom is -0.320 e. The highest BCUT2D eigenvalue weighted by Gasteiger charge is 2.24. The van der Waals surface area contributed by atoms with Crippen molar-refractivity contribution in [1.29, 1.82) is 0 Å². The second-order valence-electron chi connectivity index (χ2n) is 3.61. The number of para-hydroxylation sites is 1. The van der Waals surface area contributed by atoms with Crippen molar-refractivity contribution in [2.75, 3.05) is 5.32 Å². The number of hydrogen-bond acceptors (Lipinski definition) is 4. The number of amides is 1. The Hall–Kier alpha value is -2.70. The Labute approximate surface area is 102 Å². The zero-order valence-electron chi connectivity index (χ0n) is 9.53. The molecule has 1 amide bonds. The first-order chi connectivity index (χ1) is 8.58. The average molecular weight is 246 g/mol. The van der Waals surface area contributed by atoms with Crippen molar-refractivity contribution in [1.82, 2.24) is 9.78 Å². The first-order valence-corrected chi connectivity index (χ1v) is 5.12. The molecule has 2 rings (SSSR count). The Morgan fingerprint density at radius 1 is 1.39 bits per heavy atom. The first kappa shape index (κ1) is 11.8. The molecule has 0 aliphatic heterocycles. The molecule has 2 aromatic rings. The van der Waals surface area contributed by atoms with Crippen LogP contribution in [0.3, 0.4) is 0 Å². The number of nitro groups is 1. The molecule has 1 aromatic carbocycles. The van der Waals surface area contributed by atoms with Gasteiger partial charge in [0.25, 0.3) is 5.91 Å². The van der Waals surface area contributed by atoms with Crippen LogP contribution in [-0.2, 0) is 7.05 Å². The normalized spacial score (nSPS) is 10.1. The van der Waals surface area contributed by atoms with Gasteiger partial charge in [0.1, 0.15) is 6.20 Å². The number of nitrogens with one attached hydrogen (secondary N) is 1. The second kappa shape index (κ2) is 4.66. The van der Waals surface area contributed by atoms with Crippen LogP contribution < -0.4 is 5.32 Å². The average Bonchev–Trinajstić information content (AvgIpc) is 2.73. The summed E-state index contributed by atoms with van der Waals surface area (Å²) in [7, 11) is 1.52. The lowest BCUT2D eigenvalue weighted by Crippen LogP contribution is -2.14. The van der Waals surface area contributed by atoms with Crippen molar-refractivity contribution < 1.29 is 9.72 Å². The van der Waals surface area contributed by atoms with Crippen molar-refractivity contribution in [3.05, 3.63) is 52.3 Å². The number of carbonyl (C=O) groups excluding carboxylic acids is 1. The van der Waals surface area contributed by atoms with Gasteiger partial charge in [-0.1, -0.05) is 18.2 Å². The van der Waals surface area contributed by atoms with E-state index in [4.69, 9.17) is 0 Å². The maximum Gasteiger partial charge on any atom is 0.320 e. The largest absolute Gasteiger partial charge is 0.320 e. The maximum absolute atomic E-state index is 11.9. The van der Waals surface area contributed by atoms with Crippen molar-refractivity contribution in [2.24, 2.45) is 7.05 Å². The third-order valence-electron chi connectivity index (χ3n) is 2.25. The molecule has 0 aliphatic carbocycles. The lowest BCUT2D eigenvalue weighted by Gasteiger charge is -2.01. The number of hydrogen-bond donors (Lipinski definition) is 1. The highest BCUT2D eigenvalue weighted by molar-refractivity contribution is 6.05. The molecule has 1 heterocycles. The minimum absolute atomic E-state index is 0.202. The number of carbonyl (C=O) groups is 1. The van der Waals surface area contributed by atoms with Crippen molar-refractivity contribution in [2.45, 2.75) is 0 Å². The number of aryl methyl sites for hydroxylation is 1. The summed E-state index contributed by atoms with van der Waals surface area (Å²) >= 11 is 0. The summed E-state index contributed by atoms with van der Waals surface area (Å²) in [6, 6.07) is 8.68.